The van der Waals surface area contributed by atoms with Gasteiger partial charge in [-0.25, -0.2) is 4.83 Å². The Bertz CT molecular complexity index is 746. The Hall–Kier alpha value is -2.15. The van der Waals surface area contributed by atoms with Crippen molar-refractivity contribution in [3.63, 3.8) is 0 Å². The molecule has 0 aliphatic heterocycles. The zero-order chi connectivity index (χ0) is 15.5. The lowest BCUT2D eigenvalue weighted by molar-refractivity contribution is 0.392. The molecule has 0 spiro atoms. The summed E-state index contributed by atoms with van der Waals surface area (Å²) in [5.74, 6) is 0.707. The highest BCUT2D eigenvalue weighted by Gasteiger charge is 2.12. The summed E-state index contributed by atoms with van der Waals surface area (Å²) in [6.07, 6.45) is 0.424. The van der Waals surface area contributed by atoms with E-state index in [1.807, 2.05) is 6.92 Å². The quantitative estimate of drug-likeness (QED) is 0.678. The Balaban J connectivity index is 2.06. The first-order chi connectivity index (χ1) is 9.87. The molecule has 1 N–H and O–H groups in total. The molecule has 0 saturated heterocycles. The Morgan fingerprint density at radius 3 is 2.52 bits per heavy atom. The van der Waals surface area contributed by atoms with Crippen molar-refractivity contribution in [1.29, 1.82) is 0 Å². The van der Waals surface area contributed by atoms with Crippen LogP contribution in [-0.4, -0.2) is 19.3 Å². The van der Waals surface area contributed by atoms with Crippen molar-refractivity contribution in [3.05, 3.63) is 47.3 Å². The van der Waals surface area contributed by atoms with Crippen molar-refractivity contribution >= 4 is 15.7 Å². The number of hydrazone groups is 1. The minimum absolute atomic E-state index is 0.182. The summed E-state index contributed by atoms with van der Waals surface area (Å²) in [6, 6.07) is 8.35. The molecule has 2 aromatic rings. The van der Waals surface area contributed by atoms with E-state index in [0.29, 0.717) is 23.6 Å². The Labute approximate surface area is 123 Å². The second-order valence-corrected chi connectivity index (χ2v) is 6.52. The molecule has 1 aromatic heterocycles. The van der Waals surface area contributed by atoms with Crippen LogP contribution in [0.2, 0.25) is 0 Å². The number of hydrogen-bond acceptors (Lipinski definition) is 5. The average Bonchev–Trinajstić information content (AvgIpc) is 2.82. The first-order valence-electron chi connectivity index (χ1n) is 6.40. The predicted molar refractivity (Wildman–Crippen MR) is 79.6 cm³/mol. The SMILES string of the molecule is C/C(Cc1cc(C)on1)=N\NS(=O)(=O)c1ccc(C)cc1. The predicted octanol–water partition coefficient (Wildman–Crippen LogP) is 2.19. The van der Waals surface area contributed by atoms with Crippen LogP contribution in [0, 0.1) is 13.8 Å². The van der Waals surface area contributed by atoms with Crippen molar-refractivity contribution in [2.24, 2.45) is 5.10 Å². The Kier molecular flexibility index (Phi) is 4.42. The van der Waals surface area contributed by atoms with Gasteiger partial charge in [-0.05, 0) is 32.9 Å². The number of sulfonamides is 1. The number of nitrogens with zero attached hydrogens (tertiary/aromatic N) is 2. The number of aromatic nitrogens is 1. The second kappa shape index (κ2) is 6.09. The Morgan fingerprint density at radius 1 is 1.29 bits per heavy atom. The summed E-state index contributed by atoms with van der Waals surface area (Å²) < 4.78 is 29.1. The van der Waals surface area contributed by atoms with Gasteiger partial charge in [0.25, 0.3) is 10.0 Å². The second-order valence-electron chi connectivity index (χ2n) is 4.86. The number of rotatable bonds is 5. The van der Waals surface area contributed by atoms with Crippen molar-refractivity contribution in [1.82, 2.24) is 9.99 Å². The molecule has 6 nitrogen and oxygen atoms in total. The van der Waals surface area contributed by atoms with Crippen molar-refractivity contribution in [2.75, 3.05) is 0 Å². The fourth-order valence-corrected chi connectivity index (χ4v) is 2.59. The molecule has 2 rings (SSSR count). The van der Waals surface area contributed by atoms with Gasteiger partial charge < -0.3 is 4.52 Å². The van der Waals surface area contributed by atoms with Crippen LogP contribution in [-0.2, 0) is 16.4 Å². The van der Waals surface area contributed by atoms with E-state index in [1.165, 1.54) is 0 Å². The molecule has 0 aliphatic carbocycles. The molecule has 21 heavy (non-hydrogen) atoms. The largest absolute Gasteiger partial charge is 0.361 e. The molecule has 0 atom stereocenters. The van der Waals surface area contributed by atoms with Crippen LogP contribution >= 0.6 is 0 Å². The minimum Gasteiger partial charge on any atom is -0.361 e. The third-order valence-corrected chi connectivity index (χ3v) is 4.03. The zero-order valence-corrected chi connectivity index (χ0v) is 12.9. The summed E-state index contributed by atoms with van der Waals surface area (Å²) in [6.45, 7) is 5.41. The average molecular weight is 307 g/mol. The normalized spacial score (nSPS) is 12.4. The summed E-state index contributed by atoms with van der Waals surface area (Å²) in [4.78, 5) is 2.41. The van der Waals surface area contributed by atoms with E-state index in [-0.39, 0.29) is 4.90 Å². The Morgan fingerprint density at radius 2 is 1.95 bits per heavy atom. The lowest BCUT2D eigenvalue weighted by atomic mass is 10.2. The van der Waals surface area contributed by atoms with E-state index in [4.69, 9.17) is 4.52 Å². The van der Waals surface area contributed by atoms with Crippen molar-refractivity contribution in [2.45, 2.75) is 32.1 Å². The maximum absolute atomic E-state index is 12.1. The van der Waals surface area contributed by atoms with Gasteiger partial charge in [-0.2, -0.15) is 13.5 Å². The number of nitrogens with one attached hydrogen (secondary N) is 1. The molecule has 1 heterocycles. The summed E-state index contributed by atoms with van der Waals surface area (Å²) in [7, 11) is -3.64. The van der Waals surface area contributed by atoms with E-state index >= 15 is 0 Å². The number of aryl methyl sites for hydroxylation is 2. The summed E-state index contributed by atoms with van der Waals surface area (Å²) >= 11 is 0. The third-order valence-electron chi connectivity index (χ3n) is 2.80. The molecule has 0 radical (unpaired) electrons. The van der Waals surface area contributed by atoms with Gasteiger partial charge in [0, 0.05) is 18.2 Å². The molecule has 0 saturated carbocycles. The molecule has 0 unspecified atom stereocenters. The van der Waals surface area contributed by atoms with Gasteiger partial charge in [0.2, 0.25) is 0 Å². The molecule has 0 bridgehead atoms. The van der Waals surface area contributed by atoms with Crippen LogP contribution in [0.5, 0.6) is 0 Å². The van der Waals surface area contributed by atoms with E-state index < -0.39 is 10.0 Å². The lowest BCUT2D eigenvalue weighted by Crippen LogP contribution is -2.20. The van der Waals surface area contributed by atoms with E-state index in [9.17, 15) is 8.42 Å². The van der Waals surface area contributed by atoms with Crippen LogP contribution in [0.15, 0.2) is 44.9 Å². The van der Waals surface area contributed by atoms with Crippen LogP contribution in [0.1, 0.15) is 23.9 Å². The molecule has 112 valence electrons. The topological polar surface area (TPSA) is 84.6 Å². The van der Waals surface area contributed by atoms with Gasteiger partial charge in [0.15, 0.2) is 0 Å². The molecular formula is C14H17N3O3S. The van der Waals surface area contributed by atoms with Gasteiger partial charge >= 0.3 is 0 Å². The zero-order valence-electron chi connectivity index (χ0n) is 12.1. The van der Waals surface area contributed by atoms with Gasteiger partial charge in [0.05, 0.1) is 10.6 Å². The van der Waals surface area contributed by atoms with Crippen molar-refractivity contribution < 1.29 is 12.9 Å². The van der Waals surface area contributed by atoms with E-state index in [0.717, 1.165) is 5.56 Å². The first-order valence-corrected chi connectivity index (χ1v) is 7.89. The fraction of sp³-hybridized carbons (Fsp3) is 0.286. The number of hydrogen-bond donors (Lipinski definition) is 1. The van der Waals surface area contributed by atoms with Gasteiger partial charge in [0.1, 0.15) is 5.76 Å². The standard InChI is InChI=1S/C14H17N3O3S/c1-10-4-6-14(7-5-10)21(18,19)17-15-11(2)8-13-9-12(3)20-16-13/h4-7,9,17H,8H2,1-3H3/b15-11+. The maximum Gasteiger partial charge on any atom is 0.276 e. The smallest absolute Gasteiger partial charge is 0.276 e. The minimum atomic E-state index is -3.64. The number of benzene rings is 1. The van der Waals surface area contributed by atoms with Gasteiger partial charge in [-0.3, -0.25) is 0 Å². The van der Waals surface area contributed by atoms with Crippen LogP contribution in [0.25, 0.3) is 0 Å². The molecular weight excluding hydrogens is 290 g/mol. The van der Waals surface area contributed by atoms with Crippen molar-refractivity contribution in [3.8, 4) is 0 Å². The summed E-state index contributed by atoms with van der Waals surface area (Å²) in [5.41, 5.74) is 2.30. The highest BCUT2D eigenvalue weighted by atomic mass is 32.2. The maximum atomic E-state index is 12.1. The molecule has 0 fully saturated rings. The van der Waals surface area contributed by atoms with Gasteiger partial charge in [-0.15, -0.1) is 0 Å². The lowest BCUT2D eigenvalue weighted by Gasteiger charge is -2.05. The fourth-order valence-electron chi connectivity index (χ4n) is 1.71. The van der Waals surface area contributed by atoms with Gasteiger partial charge in [-0.1, -0.05) is 22.9 Å². The van der Waals surface area contributed by atoms with Crippen LogP contribution < -0.4 is 4.83 Å². The summed E-state index contributed by atoms with van der Waals surface area (Å²) in [5, 5.41) is 7.73. The van der Waals surface area contributed by atoms with Crippen LogP contribution in [0.3, 0.4) is 0 Å². The first kappa shape index (κ1) is 15.2. The molecule has 1 aromatic carbocycles. The van der Waals surface area contributed by atoms with Crippen LogP contribution in [0.4, 0.5) is 0 Å². The highest BCUT2D eigenvalue weighted by molar-refractivity contribution is 7.89. The van der Waals surface area contributed by atoms with E-state index in [1.54, 1.807) is 44.2 Å². The monoisotopic (exact) mass is 307 g/mol. The molecule has 0 amide bonds. The third kappa shape index (κ3) is 4.16. The molecule has 0 aliphatic rings. The van der Waals surface area contributed by atoms with E-state index in [2.05, 4.69) is 15.1 Å². The molecule has 7 heteroatoms. The highest BCUT2D eigenvalue weighted by Crippen LogP contribution is 2.10.